The van der Waals surface area contributed by atoms with E-state index in [1.807, 2.05) is 0 Å². The van der Waals surface area contributed by atoms with Gasteiger partial charge in [-0.15, -0.1) is 0 Å². The van der Waals surface area contributed by atoms with Gasteiger partial charge in [-0.2, -0.15) is 0 Å². The molecule has 0 heterocycles. The van der Waals surface area contributed by atoms with Gasteiger partial charge < -0.3 is 6.15 Å². The Kier molecular flexibility index (Phi) is 2.10. The van der Waals surface area contributed by atoms with Crippen LogP contribution in [0.2, 0.25) is 0 Å². The zero-order valence-corrected chi connectivity index (χ0v) is 7.98. The van der Waals surface area contributed by atoms with Gasteiger partial charge in [0, 0.05) is 5.92 Å². The molecular formula is C13H13N. The van der Waals surface area contributed by atoms with Crippen molar-refractivity contribution in [2.24, 2.45) is 0 Å². The van der Waals surface area contributed by atoms with Gasteiger partial charge >= 0.3 is 0 Å². The molecule has 70 valence electrons. The minimum Gasteiger partial charge on any atom is -0.344 e. The van der Waals surface area contributed by atoms with E-state index in [1.165, 1.54) is 16.7 Å². The number of hydrogen-bond acceptors (Lipinski definition) is 1. The lowest BCUT2D eigenvalue weighted by Gasteiger charge is -1.94. The third kappa shape index (κ3) is 1.22. The first-order chi connectivity index (χ1) is 6.47. The van der Waals surface area contributed by atoms with Crippen LogP contribution in [0.5, 0.6) is 0 Å². The molecule has 0 atom stereocenters. The SMILES string of the molecule is N.c1ccc(C2c3ccccc32)cc1. The third-order valence-electron chi connectivity index (χ3n) is 2.67. The van der Waals surface area contributed by atoms with Gasteiger partial charge in [0.15, 0.2) is 0 Å². The number of fused-ring (bicyclic) bond motifs is 1. The number of benzene rings is 2. The summed E-state index contributed by atoms with van der Waals surface area (Å²) in [4.78, 5) is 0. The van der Waals surface area contributed by atoms with Gasteiger partial charge in [-0.3, -0.25) is 0 Å². The molecule has 1 aliphatic carbocycles. The van der Waals surface area contributed by atoms with Crippen LogP contribution in [0.3, 0.4) is 0 Å². The van der Waals surface area contributed by atoms with Gasteiger partial charge in [0.2, 0.25) is 0 Å². The lowest BCUT2D eigenvalue weighted by Crippen LogP contribution is -1.78. The van der Waals surface area contributed by atoms with Crippen LogP contribution in [0.4, 0.5) is 0 Å². The van der Waals surface area contributed by atoms with Crippen LogP contribution in [0.25, 0.3) is 0 Å². The average Bonchev–Trinajstić information content (AvgIpc) is 2.93. The van der Waals surface area contributed by atoms with Gasteiger partial charge in [0.1, 0.15) is 0 Å². The van der Waals surface area contributed by atoms with Crippen molar-refractivity contribution in [1.29, 1.82) is 0 Å². The summed E-state index contributed by atoms with van der Waals surface area (Å²) < 4.78 is 0. The molecular weight excluding hydrogens is 170 g/mol. The number of hydrogen-bond donors (Lipinski definition) is 1. The smallest absolute Gasteiger partial charge is 0.0346 e. The van der Waals surface area contributed by atoms with Gasteiger partial charge in [0.05, 0.1) is 0 Å². The molecule has 1 nitrogen and oxygen atoms in total. The molecule has 0 saturated carbocycles. The maximum Gasteiger partial charge on any atom is 0.0346 e. The largest absolute Gasteiger partial charge is 0.344 e. The maximum absolute atomic E-state index is 2.22. The lowest BCUT2D eigenvalue weighted by molar-refractivity contribution is 1.21. The normalized spacial score (nSPS) is 12.9. The average molecular weight is 183 g/mol. The molecule has 1 aliphatic rings. The van der Waals surface area contributed by atoms with E-state index in [0.717, 1.165) is 0 Å². The molecule has 3 N–H and O–H groups in total. The van der Waals surface area contributed by atoms with Crippen molar-refractivity contribution in [3.63, 3.8) is 0 Å². The Bertz CT molecular complexity index is 411. The summed E-state index contributed by atoms with van der Waals surface area (Å²) in [6.07, 6.45) is 0. The molecule has 3 rings (SSSR count). The third-order valence-corrected chi connectivity index (χ3v) is 2.67. The first kappa shape index (κ1) is 8.97. The van der Waals surface area contributed by atoms with Crippen molar-refractivity contribution in [3.8, 4) is 0 Å². The minimum absolute atomic E-state index is 0. The summed E-state index contributed by atoms with van der Waals surface area (Å²) in [5.41, 5.74) is 4.41. The minimum atomic E-state index is 0. The lowest BCUT2D eigenvalue weighted by atomic mass is 10.1. The van der Waals surface area contributed by atoms with Crippen LogP contribution in [-0.4, -0.2) is 0 Å². The van der Waals surface area contributed by atoms with Crippen LogP contribution < -0.4 is 6.15 Å². The highest BCUT2D eigenvalue weighted by Gasteiger charge is 2.32. The predicted molar refractivity (Wildman–Crippen MR) is 58.9 cm³/mol. The Morgan fingerprint density at radius 1 is 0.643 bits per heavy atom. The summed E-state index contributed by atoms with van der Waals surface area (Å²) in [5, 5.41) is 0. The molecule has 1 heteroatoms. The van der Waals surface area contributed by atoms with Gasteiger partial charge in [-0.05, 0) is 16.7 Å². The van der Waals surface area contributed by atoms with E-state index in [1.54, 1.807) is 0 Å². The van der Waals surface area contributed by atoms with Gasteiger partial charge in [0.25, 0.3) is 0 Å². The summed E-state index contributed by atoms with van der Waals surface area (Å²) in [5.74, 6) is 0.594. The van der Waals surface area contributed by atoms with E-state index in [-0.39, 0.29) is 6.15 Å². The Labute approximate surface area is 84.0 Å². The van der Waals surface area contributed by atoms with Gasteiger partial charge in [-0.1, -0.05) is 54.6 Å². The molecule has 0 aliphatic heterocycles. The topological polar surface area (TPSA) is 35.0 Å². The van der Waals surface area contributed by atoms with E-state index in [2.05, 4.69) is 54.6 Å². The van der Waals surface area contributed by atoms with Crippen LogP contribution in [0.1, 0.15) is 22.6 Å². The second kappa shape index (κ2) is 3.28. The molecule has 0 bridgehead atoms. The van der Waals surface area contributed by atoms with Crippen molar-refractivity contribution < 1.29 is 0 Å². The van der Waals surface area contributed by atoms with E-state index >= 15 is 0 Å². The van der Waals surface area contributed by atoms with Crippen molar-refractivity contribution >= 4 is 0 Å². The summed E-state index contributed by atoms with van der Waals surface area (Å²) in [6, 6.07) is 19.3. The fraction of sp³-hybridized carbons (Fsp3) is 0.0769. The Hall–Kier alpha value is -1.60. The van der Waals surface area contributed by atoms with E-state index in [9.17, 15) is 0 Å². The molecule has 0 fully saturated rings. The molecule has 0 spiro atoms. The summed E-state index contributed by atoms with van der Waals surface area (Å²) >= 11 is 0. The summed E-state index contributed by atoms with van der Waals surface area (Å²) in [7, 11) is 0. The monoisotopic (exact) mass is 183 g/mol. The molecule has 0 radical (unpaired) electrons. The molecule has 2 aromatic rings. The Morgan fingerprint density at radius 2 is 1.14 bits per heavy atom. The predicted octanol–water partition coefficient (Wildman–Crippen LogP) is 3.34. The standard InChI is InChI=1S/C13H10.H3N/c1-2-6-10(7-3-1)13-11-8-4-5-9-12(11)13;/h1-9,13H;1H3. The van der Waals surface area contributed by atoms with Crippen molar-refractivity contribution in [3.05, 3.63) is 71.3 Å². The fourth-order valence-corrected chi connectivity index (χ4v) is 1.96. The van der Waals surface area contributed by atoms with Crippen LogP contribution in [0.15, 0.2) is 54.6 Å². The molecule has 0 aromatic heterocycles. The highest BCUT2D eigenvalue weighted by Crippen LogP contribution is 2.47. The summed E-state index contributed by atoms with van der Waals surface area (Å²) in [6.45, 7) is 0. The second-order valence-electron chi connectivity index (χ2n) is 3.47. The second-order valence-corrected chi connectivity index (χ2v) is 3.47. The molecule has 14 heavy (non-hydrogen) atoms. The van der Waals surface area contributed by atoms with Crippen molar-refractivity contribution in [2.75, 3.05) is 0 Å². The van der Waals surface area contributed by atoms with Crippen LogP contribution in [0, 0.1) is 0 Å². The Balaban J connectivity index is 0.000000750. The fourth-order valence-electron chi connectivity index (χ4n) is 1.96. The van der Waals surface area contributed by atoms with Crippen molar-refractivity contribution in [2.45, 2.75) is 5.92 Å². The molecule has 0 amide bonds. The quantitative estimate of drug-likeness (QED) is 0.617. The van der Waals surface area contributed by atoms with E-state index in [0.29, 0.717) is 5.92 Å². The Morgan fingerprint density at radius 3 is 1.71 bits per heavy atom. The first-order valence-corrected chi connectivity index (χ1v) is 4.60. The van der Waals surface area contributed by atoms with Crippen LogP contribution in [-0.2, 0) is 0 Å². The zero-order chi connectivity index (χ0) is 8.67. The molecule has 0 unspecified atom stereocenters. The van der Waals surface area contributed by atoms with E-state index in [4.69, 9.17) is 0 Å². The van der Waals surface area contributed by atoms with Crippen LogP contribution >= 0.6 is 0 Å². The zero-order valence-electron chi connectivity index (χ0n) is 7.98. The van der Waals surface area contributed by atoms with Crippen molar-refractivity contribution in [1.82, 2.24) is 6.15 Å². The van der Waals surface area contributed by atoms with Gasteiger partial charge in [-0.25, -0.2) is 0 Å². The maximum atomic E-state index is 2.22. The number of rotatable bonds is 1. The highest BCUT2D eigenvalue weighted by atomic mass is 14.3. The first-order valence-electron chi connectivity index (χ1n) is 4.60. The molecule has 0 saturated heterocycles. The molecule has 2 aromatic carbocycles. The van der Waals surface area contributed by atoms with E-state index < -0.39 is 0 Å². The highest BCUT2D eigenvalue weighted by molar-refractivity contribution is 5.59.